The van der Waals surface area contributed by atoms with Crippen LogP contribution < -0.4 is 9.47 Å². The predicted molar refractivity (Wildman–Crippen MR) is 79.1 cm³/mol. The summed E-state index contributed by atoms with van der Waals surface area (Å²) >= 11 is 6.04. The van der Waals surface area contributed by atoms with Gasteiger partial charge in [-0.3, -0.25) is 4.79 Å². The summed E-state index contributed by atoms with van der Waals surface area (Å²) in [6.45, 7) is 0.143. The average Bonchev–Trinajstić information content (AvgIpc) is 2.97. The van der Waals surface area contributed by atoms with Crippen molar-refractivity contribution in [2.45, 2.75) is 23.8 Å². The summed E-state index contributed by atoms with van der Waals surface area (Å²) in [5.41, 5.74) is 0. The number of rotatable bonds is 5. The fraction of sp³-hybridized carbons (Fsp3) is 0.462. The first-order valence-corrected chi connectivity index (χ1v) is 8.31. The standard InChI is InChI=1S/C13H16ClNO6S/c1-20-10-6-8(14)12(7-11(10)21-2)22(18,19)15-5-3-4-9(15)13(16)17/h6-7,9H,3-5H2,1-2H3,(H,16,17)/t9-/m1/s1. The Morgan fingerprint density at radius 3 is 2.45 bits per heavy atom. The van der Waals surface area contributed by atoms with Gasteiger partial charge in [0.15, 0.2) is 11.5 Å². The molecule has 1 atom stereocenters. The number of carboxylic acid groups (broad SMARTS) is 1. The lowest BCUT2D eigenvalue weighted by Gasteiger charge is -2.22. The molecule has 1 aliphatic rings. The van der Waals surface area contributed by atoms with E-state index in [1.54, 1.807) is 0 Å². The van der Waals surface area contributed by atoms with E-state index in [4.69, 9.17) is 26.2 Å². The van der Waals surface area contributed by atoms with Crippen molar-refractivity contribution in [3.63, 3.8) is 0 Å². The summed E-state index contributed by atoms with van der Waals surface area (Å²) in [7, 11) is -1.26. The lowest BCUT2D eigenvalue weighted by Crippen LogP contribution is -2.40. The molecule has 0 bridgehead atoms. The Morgan fingerprint density at radius 2 is 1.91 bits per heavy atom. The minimum atomic E-state index is -4.04. The second kappa shape index (κ2) is 6.31. The zero-order valence-corrected chi connectivity index (χ0v) is 13.6. The first-order valence-electron chi connectivity index (χ1n) is 6.49. The number of sulfonamides is 1. The number of hydrogen-bond acceptors (Lipinski definition) is 5. The Balaban J connectivity index is 2.52. The van der Waals surface area contributed by atoms with Gasteiger partial charge in [0.2, 0.25) is 10.0 Å². The van der Waals surface area contributed by atoms with Crippen LogP contribution in [0.1, 0.15) is 12.8 Å². The number of benzene rings is 1. The maximum Gasteiger partial charge on any atom is 0.322 e. The summed E-state index contributed by atoms with van der Waals surface area (Å²) in [5, 5.41) is 9.11. The van der Waals surface area contributed by atoms with Crippen molar-refractivity contribution in [3.8, 4) is 11.5 Å². The topological polar surface area (TPSA) is 93.1 Å². The Morgan fingerprint density at radius 1 is 1.32 bits per heavy atom. The van der Waals surface area contributed by atoms with E-state index in [9.17, 15) is 13.2 Å². The van der Waals surface area contributed by atoms with Crippen LogP contribution in [-0.2, 0) is 14.8 Å². The number of halogens is 1. The third kappa shape index (κ3) is 2.86. The van der Waals surface area contributed by atoms with Gasteiger partial charge in [-0.15, -0.1) is 0 Å². The fourth-order valence-corrected chi connectivity index (χ4v) is 4.59. The minimum absolute atomic E-state index is 0.0475. The van der Waals surface area contributed by atoms with Gasteiger partial charge >= 0.3 is 5.97 Å². The Kier molecular flexibility index (Phi) is 4.84. The highest BCUT2D eigenvalue weighted by atomic mass is 35.5. The van der Waals surface area contributed by atoms with Gasteiger partial charge in [0, 0.05) is 18.7 Å². The van der Waals surface area contributed by atoms with Gasteiger partial charge in [-0.2, -0.15) is 4.31 Å². The van der Waals surface area contributed by atoms with Gasteiger partial charge in [-0.25, -0.2) is 8.42 Å². The molecule has 1 N–H and O–H groups in total. The highest BCUT2D eigenvalue weighted by Gasteiger charge is 2.40. The third-order valence-electron chi connectivity index (χ3n) is 3.51. The van der Waals surface area contributed by atoms with Crippen LogP contribution in [-0.4, -0.2) is 50.6 Å². The van der Waals surface area contributed by atoms with Crippen LogP contribution in [0.5, 0.6) is 11.5 Å². The van der Waals surface area contributed by atoms with Gasteiger partial charge in [0.05, 0.1) is 19.2 Å². The molecule has 22 heavy (non-hydrogen) atoms. The van der Waals surface area contributed by atoms with Crippen LogP contribution in [0.15, 0.2) is 17.0 Å². The van der Waals surface area contributed by atoms with E-state index >= 15 is 0 Å². The van der Waals surface area contributed by atoms with Crippen molar-refractivity contribution in [2.24, 2.45) is 0 Å². The van der Waals surface area contributed by atoms with E-state index < -0.39 is 22.0 Å². The highest BCUT2D eigenvalue weighted by molar-refractivity contribution is 7.89. The van der Waals surface area contributed by atoms with E-state index in [0.717, 1.165) is 4.31 Å². The molecule has 1 saturated heterocycles. The van der Waals surface area contributed by atoms with Gasteiger partial charge < -0.3 is 14.6 Å². The molecule has 9 heteroatoms. The first-order chi connectivity index (χ1) is 10.3. The molecule has 0 spiro atoms. The molecule has 0 saturated carbocycles. The summed E-state index contributed by atoms with van der Waals surface area (Å²) in [5.74, 6) is -0.670. The second-order valence-corrected chi connectivity index (χ2v) is 7.02. The number of carboxylic acids is 1. The van der Waals surface area contributed by atoms with E-state index in [-0.39, 0.29) is 28.6 Å². The van der Waals surface area contributed by atoms with Gasteiger partial charge in [0.1, 0.15) is 10.9 Å². The predicted octanol–water partition coefficient (Wildman–Crippen LogP) is 1.59. The van der Waals surface area contributed by atoms with Crippen LogP contribution in [0.2, 0.25) is 5.02 Å². The minimum Gasteiger partial charge on any atom is -0.493 e. The van der Waals surface area contributed by atoms with Crippen LogP contribution in [0.25, 0.3) is 0 Å². The van der Waals surface area contributed by atoms with Crippen LogP contribution in [0, 0.1) is 0 Å². The number of carbonyl (C=O) groups is 1. The Bertz CT molecular complexity index is 690. The molecular weight excluding hydrogens is 334 g/mol. The molecule has 0 aromatic heterocycles. The zero-order valence-electron chi connectivity index (χ0n) is 12.1. The van der Waals surface area contributed by atoms with Crippen molar-refractivity contribution in [1.82, 2.24) is 4.31 Å². The molecule has 0 amide bonds. The molecule has 0 unspecified atom stereocenters. The molecule has 0 aliphatic carbocycles. The quantitative estimate of drug-likeness (QED) is 0.867. The summed E-state index contributed by atoms with van der Waals surface area (Å²) in [4.78, 5) is 11.0. The molecule has 1 aromatic carbocycles. The molecule has 0 radical (unpaired) electrons. The van der Waals surface area contributed by atoms with Crippen LogP contribution >= 0.6 is 11.6 Å². The molecule has 1 aromatic rings. The lowest BCUT2D eigenvalue weighted by molar-refractivity contribution is -0.140. The molecule has 1 aliphatic heterocycles. The van der Waals surface area contributed by atoms with Crippen LogP contribution in [0.3, 0.4) is 0 Å². The largest absolute Gasteiger partial charge is 0.493 e. The number of aliphatic carboxylic acids is 1. The van der Waals surface area contributed by atoms with Gasteiger partial charge in [-0.05, 0) is 12.8 Å². The van der Waals surface area contributed by atoms with Gasteiger partial charge in [-0.1, -0.05) is 11.6 Å². The smallest absolute Gasteiger partial charge is 0.322 e. The fourth-order valence-electron chi connectivity index (χ4n) is 2.43. The average molecular weight is 350 g/mol. The van der Waals surface area contributed by atoms with Crippen LogP contribution in [0.4, 0.5) is 0 Å². The number of methoxy groups -OCH3 is 2. The van der Waals surface area contributed by atoms with Crippen molar-refractivity contribution < 1.29 is 27.8 Å². The zero-order chi connectivity index (χ0) is 16.5. The Hall–Kier alpha value is -1.51. The van der Waals surface area contributed by atoms with E-state index in [0.29, 0.717) is 12.2 Å². The normalized spacial score (nSPS) is 19.1. The van der Waals surface area contributed by atoms with E-state index in [1.165, 1.54) is 26.4 Å². The monoisotopic (exact) mass is 349 g/mol. The van der Waals surface area contributed by atoms with Crippen molar-refractivity contribution in [3.05, 3.63) is 17.2 Å². The number of nitrogens with zero attached hydrogens (tertiary/aromatic N) is 1. The molecule has 7 nitrogen and oxygen atoms in total. The maximum absolute atomic E-state index is 12.7. The number of hydrogen-bond donors (Lipinski definition) is 1. The molecule has 2 rings (SSSR count). The Labute approximate surface area is 133 Å². The molecular formula is C13H16ClNO6S. The van der Waals surface area contributed by atoms with Gasteiger partial charge in [0.25, 0.3) is 0 Å². The van der Waals surface area contributed by atoms with Crippen molar-refractivity contribution >= 4 is 27.6 Å². The van der Waals surface area contributed by atoms with E-state index in [1.807, 2.05) is 0 Å². The molecule has 1 fully saturated rings. The summed E-state index contributed by atoms with van der Waals surface area (Å²) < 4.78 is 36.5. The van der Waals surface area contributed by atoms with Crippen molar-refractivity contribution in [2.75, 3.05) is 20.8 Å². The third-order valence-corrected chi connectivity index (χ3v) is 5.89. The number of ether oxygens (including phenoxy) is 2. The molecule has 122 valence electrons. The lowest BCUT2D eigenvalue weighted by atomic mass is 10.2. The highest BCUT2D eigenvalue weighted by Crippen LogP contribution is 2.38. The van der Waals surface area contributed by atoms with Crippen molar-refractivity contribution in [1.29, 1.82) is 0 Å². The second-order valence-electron chi connectivity index (χ2n) is 4.75. The summed E-state index contributed by atoms with van der Waals surface area (Å²) in [6.07, 6.45) is 0.764. The first kappa shape index (κ1) is 16.9. The van der Waals surface area contributed by atoms with E-state index in [2.05, 4.69) is 0 Å². The maximum atomic E-state index is 12.7. The SMILES string of the molecule is COc1cc(Cl)c(S(=O)(=O)N2CCC[C@@H]2C(=O)O)cc1OC. The molecule has 1 heterocycles. The summed E-state index contributed by atoms with van der Waals surface area (Å²) in [6, 6.07) is 1.50.